The van der Waals surface area contributed by atoms with E-state index in [2.05, 4.69) is 6.92 Å². The van der Waals surface area contributed by atoms with Crippen LogP contribution in [0.4, 0.5) is 0 Å². The summed E-state index contributed by atoms with van der Waals surface area (Å²) in [5, 5.41) is 8.78. The molecule has 0 saturated heterocycles. The van der Waals surface area contributed by atoms with Crippen molar-refractivity contribution < 1.29 is 19.4 Å². The summed E-state index contributed by atoms with van der Waals surface area (Å²) in [5.74, 6) is -0.567. The smallest absolute Gasteiger partial charge is 0.323 e. The minimum absolute atomic E-state index is 0.280. The van der Waals surface area contributed by atoms with Crippen LogP contribution in [-0.4, -0.2) is 41.6 Å². The Morgan fingerprint density at radius 1 is 1.14 bits per heavy atom. The van der Waals surface area contributed by atoms with E-state index < -0.39 is 5.97 Å². The molecule has 5 nitrogen and oxygen atoms in total. The van der Waals surface area contributed by atoms with Gasteiger partial charge in [-0.3, -0.25) is 9.59 Å². The van der Waals surface area contributed by atoms with E-state index >= 15 is 0 Å². The van der Waals surface area contributed by atoms with Gasteiger partial charge in [0.15, 0.2) is 0 Å². The molecule has 0 bridgehead atoms. The number of carbonyl (C=O) groups excluding carboxylic acids is 1. The van der Waals surface area contributed by atoms with Crippen molar-refractivity contribution in [1.29, 1.82) is 0 Å². The molecular formula is C16H23NO4. The summed E-state index contributed by atoms with van der Waals surface area (Å²) < 4.78 is 5.58. The van der Waals surface area contributed by atoms with Crippen LogP contribution in [0.2, 0.25) is 0 Å². The van der Waals surface area contributed by atoms with E-state index in [0.29, 0.717) is 18.7 Å². The molecule has 0 aliphatic heterocycles. The lowest BCUT2D eigenvalue weighted by molar-refractivity contribution is -0.137. The van der Waals surface area contributed by atoms with E-state index in [4.69, 9.17) is 9.84 Å². The molecule has 1 rings (SSSR count). The van der Waals surface area contributed by atoms with Crippen LogP contribution in [0, 0.1) is 0 Å². The molecule has 0 fully saturated rings. The van der Waals surface area contributed by atoms with Gasteiger partial charge in [0.25, 0.3) is 5.91 Å². The van der Waals surface area contributed by atoms with Crippen LogP contribution < -0.4 is 4.74 Å². The van der Waals surface area contributed by atoms with Crippen molar-refractivity contribution in [3.8, 4) is 5.75 Å². The Kier molecular flexibility index (Phi) is 7.29. The fraction of sp³-hybridized carbons (Fsp3) is 0.500. The quantitative estimate of drug-likeness (QED) is 0.711. The first kappa shape index (κ1) is 17.0. The Labute approximate surface area is 125 Å². The van der Waals surface area contributed by atoms with Crippen LogP contribution in [-0.2, 0) is 4.79 Å². The molecule has 0 aliphatic rings. The predicted octanol–water partition coefficient (Wildman–Crippen LogP) is 2.80. The number of carboxylic acid groups (broad SMARTS) is 1. The number of carbonyl (C=O) groups is 2. The molecule has 0 heterocycles. The second kappa shape index (κ2) is 9.00. The van der Waals surface area contributed by atoms with E-state index in [-0.39, 0.29) is 12.5 Å². The lowest BCUT2D eigenvalue weighted by Gasteiger charge is -2.18. The number of likely N-dealkylation sites (N-methyl/N-ethyl adjacent to an activating group) is 1. The molecule has 1 amide bonds. The SMILES string of the molecule is CCCCCOc1ccc(C(=O)N(CC)CC(=O)O)cc1. The van der Waals surface area contributed by atoms with Crippen LogP contribution in [0.5, 0.6) is 5.75 Å². The van der Waals surface area contributed by atoms with E-state index in [9.17, 15) is 9.59 Å². The van der Waals surface area contributed by atoms with Crippen molar-refractivity contribution in [2.24, 2.45) is 0 Å². The van der Waals surface area contributed by atoms with Crippen LogP contribution in [0.1, 0.15) is 43.5 Å². The molecule has 0 spiro atoms. The van der Waals surface area contributed by atoms with E-state index in [1.807, 2.05) is 0 Å². The highest BCUT2D eigenvalue weighted by Crippen LogP contribution is 2.14. The lowest BCUT2D eigenvalue weighted by atomic mass is 10.2. The summed E-state index contributed by atoms with van der Waals surface area (Å²) in [6, 6.07) is 6.82. The zero-order valence-electron chi connectivity index (χ0n) is 12.7. The first-order chi connectivity index (χ1) is 10.1. The Morgan fingerprint density at radius 3 is 2.33 bits per heavy atom. The number of hydrogen-bond donors (Lipinski definition) is 1. The monoisotopic (exact) mass is 293 g/mol. The zero-order valence-corrected chi connectivity index (χ0v) is 12.7. The number of benzene rings is 1. The summed E-state index contributed by atoms with van der Waals surface area (Å²) in [5.41, 5.74) is 0.471. The maximum Gasteiger partial charge on any atom is 0.323 e. The van der Waals surface area contributed by atoms with Gasteiger partial charge >= 0.3 is 5.97 Å². The molecule has 0 aliphatic carbocycles. The largest absolute Gasteiger partial charge is 0.494 e. The van der Waals surface area contributed by atoms with Gasteiger partial charge in [-0.15, -0.1) is 0 Å². The van der Waals surface area contributed by atoms with Gasteiger partial charge in [0, 0.05) is 12.1 Å². The number of nitrogens with zero attached hydrogens (tertiary/aromatic N) is 1. The molecule has 21 heavy (non-hydrogen) atoms. The van der Waals surface area contributed by atoms with E-state index in [0.717, 1.165) is 25.0 Å². The van der Waals surface area contributed by atoms with E-state index in [1.54, 1.807) is 31.2 Å². The van der Waals surface area contributed by atoms with Gasteiger partial charge in [-0.1, -0.05) is 19.8 Å². The first-order valence-corrected chi connectivity index (χ1v) is 7.32. The predicted molar refractivity (Wildman–Crippen MR) is 80.7 cm³/mol. The lowest BCUT2D eigenvalue weighted by Crippen LogP contribution is -2.35. The highest BCUT2D eigenvalue weighted by Gasteiger charge is 2.16. The van der Waals surface area contributed by atoms with Gasteiger partial charge in [-0.05, 0) is 37.6 Å². The number of aliphatic carboxylic acids is 1. The second-order valence-corrected chi connectivity index (χ2v) is 4.79. The van der Waals surface area contributed by atoms with Crippen molar-refractivity contribution in [1.82, 2.24) is 4.90 Å². The van der Waals surface area contributed by atoms with Gasteiger partial charge in [-0.25, -0.2) is 0 Å². The average molecular weight is 293 g/mol. The zero-order chi connectivity index (χ0) is 15.7. The normalized spacial score (nSPS) is 10.2. The van der Waals surface area contributed by atoms with Crippen LogP contribution in [0.25, 0.3) is 0 Å². The number of amides is 1. The Morgan fingerprint density at radius 2 is 1.81 bits per heavy atom. The molecule has 0 radical (unpaired) electrons. The van der Waals surface area contributed by atoms with E-state index in [1.165, 1.54) is 4.90 Å². The highest BCUT2D eigenvalue weighted by molar-refractivity contribution is 5.95. The number of ether oxygens (including phenoxy) is 1. The van der Waals surface area contributed by atoms with Crippen LogP contribution in [0.3, 0.4) is 0 Å². The van der Waals surface area contributed by atoms with Crippen LogP contribution in [0.15, 0.2) is 24.3 Å². The molecule has 1 aromatic carbocycles. The fourth-order valence-corrected chi connectivity index (χ4v) is 1.91. The Bertz CT molecular complexity index is 456. The summed E-state index contributed by atoms with van der Waals surface area (Å²) in [6.45, 7) is 4.63. The summed E-state index contributed by atoms with van der Waals surface area (Å²) in [4.78, 5) is 24.2. The third-order valence-corrected chi connectivity index (χ3v) is 3.11. The molecular weight excluding hydrogens is 270 g/mol. The molecule has 0 atom stereocenters. The van der Waals surface area contributed by atoms with Gasteiger partial charge in [-0.2, -0.15) is 0 Å². The van der Waals surface area contributed by atoms with Gasteiger partial charge < -0.3 is 14.7 Å². The van der Waals surface area contributed by atoms with Gasteiger partial charge in [0.2, 0.25) is 0 Å². The molecule has 1 aromatic rings. The first-order valence-electron chi connectivity index (χ1n) is 7.32. The minimum Gasteiger partial charge on any atom is -0.494 e. The van der Waals surface area contributed by atoms with Crippen molar-refractivity contribution in [2.45, 2.75) is 33.1 Å². The van der Waals surface area contributed by atoms with Gasteiger partial charge in [0.05, 0.1) is 6.61 Å². The summed E-state index contributed by atoms with van der Waals surface area (Å²) in [6.07, 6.45) is 3.30. The number of carboxylic acids is 1. The van der Waals surface area contributed by atoms with Crippen molar-refractivity contribution in [3.63, 3.8) is 0 Å². The van der Waals surface area contributed by atoms with Crippen molar-refractivity contribution in [3.05, 3.63) is 29.8 Å². The number of unbranched alkanes of at least 4 members (excludes halogenated alkanes) is 2. The summed E-state index contributed by atoms with van der Waals surface area (Å²) >= 11 is 0. The standard InChI is InChI=1S/C16H23NO4/c1-3-5-6-11-21-14-9-7-13(8-10-14)16(20)17(4-2)12-15(18)19/h7-10H,3-6,11-12H2,1-2H3,(H,18,19). The van der Waals surface area contributed by atoms with Crippen LogP contribution >= 0.6 is 0 Å². The average Bonchev–Trinajstić information content (AvgIpc) is 2.49. The molecule has 116 valence electrons. The Balaban J connectivity index is 2.59. The molecule has 0 saturated carbocycles. The maximum atomic E-state index is 12.1. The minimum atomic E-state index is -1.01. The molecule has 0 aromatic heterocycles. The Hall–Kier alpha value is -2.04. The fourth-order valence-electron chi connectivity index (χ4n) is 1.91. The third-order valence-electron chi connectivity index (χ3n) is 3.11. The maximum absolute atomic E-state index is 12.1. The number of rotatable bonds is 9. The topological polar surface area (TPSA) is 66.8 Å². The number of hydrogen-bond acceptors (Lipinski definition) is 3. The van der Waals surface area contributed by atoms with Crippen molar-refractivity contribution in [2.75, 3.05) is 19.7 Å². The highest BCUT2D eigenvalue weighted by atomic mass is 16.5. The summed E-state index contributed by atoms with van der Waals surface area (Å²) in [7, 11) is 0. The molecule has 0 unspecified atom stereocenters. The van der Waals surface area contributed by atoms with Gasteiger partial charge in [0.1, 0.15) is 12.3 Å². The third kappa shape index (κ3) is 5.85. The van der Waals surface area contributed by atoms with Crippen molar-refractivity contribution >= 4 is 11.9 Å². The molecule has 5 heteroatoms. The molecule has 1 N–H and O–H groups in total. The second-order valence-electron chi connectivity index (χ2n) is 4.79.